The van der Waals surface area contributed by atoms with Gasteiger partial charge in [-0.2, -0.15) is 0 Å². The Balaban J connectivity index is 1.85. The van der Waals surface area contributed by atoms with E-state index in [0.717, 1.165) is 37.4 Å². The summed E-state index contributed by atoms with van der Waals surface area (Å²) in [4.78, 5) is 22.5. The predicted molar refractivity (Wildman–Crippen MR) is 75.0 cm³/mol. The molecular weight excluding hydrogens is 240 g/mol. The summed E-state index contributed by atoms with van der Waals surface area (Å²) in [5.41, 5.74) is 1.07. The van der Waals surface area contributed by atoms with Crippen molar-refractivity contribution in [2.24, 2.45) is 5.92 Å². The lowest BCUT2D eigenvalue weighted by atomic mass is 10.0. The fraction of sp³-hybridized carbons (Fsp3) is 0.643. The average Bonchev–Trinajstić information content (AvgIpc) is 2.40. The summed E-state index contributed by atoms with van der Waals surface area (Å²) < 4.78 is 0. The highest BCUT2D eigenvalue weighted by atomic mass is 16.1. The summed E-state index contributed by atoms with van der Waals surface area (Å²) >= 11 is 0. The van der Waals surface area contributed by atoms with Gasteiger partial charge in [0.05, 0.1) is 0 Å². The van der Waals surface area contributed by atoms with E-state index in [4.69, 9.17) is 0 Å². The van der Waals surface area contributed by atoms with Gasteiger partial charge in [-0.15, -0.1) is 0 Å². The number of aromatic nitrogens is 2. The Morgan fingerprint density at radius 2 is 1.89 bits per heavy atom. The molecule has 5 nitrogen and oxygen atoms in total. The number of nitrogens with one attached hydrogen (secondary N) is 1. The summed E-state index contributed by atoms with van der Waals surface area (Å²) in [6.07, 6.45) is 5.59. The average molecular weight is 262 g/mol. The fourth-order valence-electron chi connectivity index (χ4n) is 2.14. The monoisotopic (exact) mass is 262 g/mol. The van der Waals surface area contributed by atoms with Gasteiger partial charge < -0.3 is 10.2 Å². The first kappa shape index (κ1) is 13.8. The second kappa shape index (κ2) is 5.99. The van der Waals surface area contributed by atoms with Gasteiger partial charge in [-0.05, 0) is 25.3 Å². The van der Waals surface area contributed by atoms with Crippen LogP contribution < -0.4 is 10.2 Å². The minimum Gasteiger partial charge on any atom is -0.353 e. The van der Waals surface area contributed by atoms with E-state index in [1.807, 2.05) is 33.2 Å². The Kier molecular flexibility index (Phi) is 4.35. The minimum absolute atomic E-state index is 0.0541. The van der Waals surface area contributed by atoms with Crippen LogP contribution in [-0.2, 0) is 4.79 Å². The van der Waals surface area contributed by atoms with Gasteiger partial charge >= 0.3 is 0 Å². The van der Waals surface area contributed by atoms with Crippen molar-refractivity contribution < 1.29 is 4.79 Å². The van der Waals surface area contributed by atoms with E-state index in [9.17, 15) is 4.79 Å². The molecule has 5 heteroatoms. The van der Waals surface area contributed by atoms with Crippen LogP contribution >= 0.6 is 0 Å². The topological polar surface area (TPSA) is 58.1 Å². The minimum atomic E-state index is 0.0541. The number of hydrogen-bond donors (Lipinski definition) is 1. The number of anilines is 1. The molecule has 1 aliphatic heterocycles. The molecule has 104 valence electrons. The van der Waals surface area contributed by atoms with Crippen molar-refractivity contribution in [3.8, 4) is 0 Å². The number of amides is 1. The smallest absolute Gasteiger partial charge is 0.225 e. The molecule has 1 saturated heterocycles. The van der Waals surface area contributed by atoms with Crippen molar-refractivity contribution in [1.82, 2.24) is 15.3 Å². The summed E-state index contributed by atoms with van der Waals surface area (Å²) in [7, 11) is 0. The second-order valence-corrected chi connectivity index (χ2v) is 5.49. The molecule has 19 heavy (non-hydrogen) atoms. The second-order valence-electron chi connectivity index (χ2n) is 5.49. The zero-order chi connectivity index (χ0) is 13.8. The van der Waals surface area contributed by atoms with Crippen LogP contribution in [-0.4, -0.2) is 35.0 Å². The van der Waals surface area contributed by atoms with Crippen molar-refractivity contribution in [2.45, 2.75) is 39.7 Å². The van der Waals surface area contributed by atoms with Crippen LogP contribution in [0.1, 0.15) is 32.3 Å². The SMILES string of the molecule is Cc1cnc(N2CCC(NC(=O)C(C)C)CC2)nc1. The number of carbonyl (C=O) groups is 1. The number of carbonyl (C=O) groups excluding carboxylic acids is 1. The molecule has 1 aromatic heterocycles. The molecular formula is C14H22N4O. The van der Waals surface area contributed by atoms with Crippen LogP contribution in [0.15, 0.2) is 12.4 Å². The molecule has 0 aliphatic carbocycles. The van der Waals surface area contributed by atoms with Crippen molar-refractivity contribution in [1.29, 1.82) is 0 Å². The van der Waals surface area contributed by atoms with Gasteiger partial charge in [0, 0.05) is 37.4 Å². The van der Waals surface area contributed by atoms with Gasteiger partial charge in [-0.25, -0.2) is 9.97 Å². The zero-order valence-corrected chi connectivity index (χ0v) is 11.9. The third-order valence-corrected chi connectivity index (χ3v) is 3.42. The van der Waals surface area contributed by atoms with E-state index >= 15 is 0 Å². The molecule has 1 fully saturated rings. The molecule has 0 bridgehead atoms. The van der Waals surface area contributed by atoms with E-state index < -0.39 is 0 Å². The Hall–Kier alpha value is -1.65. The standard InChI is InChI=1S/C14H22N4O/c1-10(2)13(19)17-12-4-6-18(7-5-12)14-15-8-11(3)9-16-14/h8-10,12H,4-7H2,1-3H3,(H,17,19). The molecule has 0 saturated carbocycles. The normalized spacial score (nSPS) is 16.7. The predicted octanol–water partition coefficient (Wildman–Crippen LogP) is 1.53. The Morgan fingerprint density at radius 3 is 2.42 bits per heavy atom. The maximum Gasteiger partial charge on any atom is 0.225 e. The first-order valence-electron chi connectivity index (χ1n) is 6.90. The van der Waals surface area contributed by atoms with Crippen molar-refractivity contribution in [3.05, 3.63) is 18.0 Å². The lowest BCUT2D eigenvalue weighted by molar-refractivity contribution is -0.124. The first-order valence-corrected chi connectivity index (χ1v) is 6.90. The molecule has 1 N–H and O–H groups in total. The zero-order valence-electron chi connectivity index (χ0n) is 11.9. The van der Waals surface area contributed by atoms with E-state index in [-0.39, 0.29) is 17.9 Å². The van der Waals surface area contributed by atoms with Gasteiger partial charge in [-0.3, -0.25) is 4.79 Å². The molecule has 0 unspecified atom stereocenters. The van der Waals surface area contributed by atoms with E-state index in [0.29, 0.717) is 0 Å². The molecule has 2 heterocycles. The van der Waals surface area contributed by atoms with Crippen LogP contribution in [0.25, 0.3) is 0 Å². The summed E-state index contributed by atoms with van der Waals surface area (Å²) in [6, 6.07) is 0.289. The summed E-state index contributed by atoms with van der Waals surface area (Å²) in [6.45, 7) is 7.62. The highest BCUT2D eigenvalue weighted by Gasteiger charge is 2.22. The lowest BCUT2D eigenvalue weighted by Gasteiger charge is -2.32. The van der Waals surface area contributed by atoms with Crippen LogP contribution in [0.4, 0.5) is 5.95 Å². The largest absolute Gasteiger partial charge is 0.353 e. The van der Waals surface area contributed by atoms with Gasteiger partial charge in [0.15, 0.2) is 0 Å². The summed E-state index contributed by atoms with van der Waals surface area (Å²) in [5.74, 6) is 0.989. The molecule has 0 aromatic carbocycles. The lowest BCUT2D eigenvalue weighted by Crippen LogP contribution is -2.46. The fourth-order valence-corrected chi connectivity index (χ4v) is 2.14. The van der Waals surface area contributed by atoms with Crippen LogP contribution in [0.2, 0.25) is 0 Å². The van der Waals surface area contributed by atoms with Crippen molar-refractivity contribution in [2.75, 3.05) is 18.0 Å². The molecule has 0 radical (unpaired) electrons. The Morgan fingerprint density at radius 1 is 1.32 bits per heavy atom. The number of hydrogen-bond acceptors (Lipinski definition) is 4. The molecule has 2 rings (SSSR count). The Bertz CT molecular complexity index is 422. The van der Waals surface area contributed by atoms with Gasteiger partial charge in [-0.1, -0.05) is 13.8 Å². The number of piperidine rings is 1. The quantitative estimate of drug-likeness (QED) is 0.897. The van der Waals surface area contributed by atoms with Crippen molar-refractivity contribution in [3.63, 3.8) is 0 Å². The van der Waals surface area contributed by atoms with Gasteiger partial charge in [0.1, 0.15) is 0 Å². The van der Waals surface area contributed by atoms with Crippen LogP contribution in [0.3, 0.4) is 0 Å². The van der Waals surface area contributed by atoms with E-state index in [1.54, 1.807) is 0 Å². The molecule has 1 amide bonds. The molecule has 1 aromatic rings. The van der Waals surface area contributed by atoms with Crippen LogP contribution in [0.5, 0.6) is 0 Å². The highest BCUT2D eigenvalue weighted by Crippen LogP contribution is 2.16. The van der Waals surface area contributed by atoms with Gasteiger partial charge in [0.2, 0.25) is 11.9 Å². The van der Waals surface area contributed by atoms with E-state index in [1.165, 1.54) is 0 Å². The summed E-state index contributed by atoms with van der Waals surface area (Å²) in [5, 5.41) is 3.09. The van der Waals surface area contributed by atoms with Gasteiger partial charge in [0.25, 0.3) is 0 Å². The first-order chi connectivity index (χ1) is 9.06. The maximum absolute atomic E-state index is 11.7. The molecule has 1 aliphatic rings. The maximum atomic E-state index is 11.7. The molecule has 0 atom stereocenters. The third-order valence-electron chi connectivity index (χ3n) is 3.42. The highest BCUT2D eigenvalue weighted by molar-refractivity contribution is 5.78. The van der Waals surface area contributed by atoms with Crippen molar-refractivity contribution >= 4 is 11.9 Å². The number of aryl methyl sites for hydroxylation is 1. The third kappa shape index (κ3) is 3.66. The molecule has 0 spiro atoms. The van der Waals surface area contributed by atoms with Crippen LogP contribution in [0, 0.1) is 12.8 Å². The van der Waals surface area contributed by atoms with E-state index in [2.05, 4.69) is 20.2 Å². The number of rotatable bonds is 3. The Labute approximate surface area is 114 Å². The number of nitrogens with zero attached hydrogens (tertiary/aromatic N) is 3.